The molecule has 4 heteroatoms. The third-order valence-corrected chi connectivity index (χ3v) is 3.75. The summed E-state index contributed by atoms with van der Waals surface area (Å²) in [4.78, 5) is 4.58. The van der Waals surface area contributed by atoms with Crippen molar-refractivity contribution >= 4 is 28.1 Å². The van der Waals surface area contributed by atoms with Crippen molar-refractivity contribution in [2.24, 2.45) is 15.2 Å². The molecule has 0 saturated heterocycles. The van der Waals surface area contributed by atoms with Crippen molar-refractivity contribution in [2.45, 2.75) is 19.4 Å². The SMILES string of the molecule is CCc1ccc(C2=N[C@H]3C=NN=C3S2)cc1. The Morgan fingerprint density at radius 3 is 2.75 bits per heavy atom. The van der Waals surface area contributed by atoms with Gasteiger partial charge >= 0.3 is 0 Å². The number of hydrogen-bond acceptors (Lipinski definition) is 4. The van der Waals surface area contributed by atoms with E-state index in [9.17, 15) is 0 Å². The summed E-state index contributed by atoms with van der Waals surface area (Å²) < 4.78 is 0. The van der Waals surface area contributed by atoms with E-state index in [1.165, 1.54) is 11.1 Å². The zero-order valence-electron chi connectivity index (χ0n) is 8.92. The Labute approximate surface area is 98.4 Å². The fourth-order valence-corrected chi connectivity index (χ4v) is 2.65. The van der Waals surface area contributed by atoms with E-state index in [0.717, 1.165) is 16.5 Å². The first-order valence-corrected chi connectivity index (χ1v) is 6.14. The van der Waals surface area contributed by atoms with Gasteiger partial charge in [-0.2, -0.15) is 5.10 Å². The van der Waals surface area contributed by atoms with E-state index < -0.39 is 0 Å². The molecule has 2 aliphatic rings. The summed E-state index contributed by atoms with van der Waals surface area (Å²) in [6.45, 7) is 2.16. The van der Waals surface area contributed by atoms with Gasteiger partial charge in [-0.05, 0) is 23.7 Å². The van der Waals surface area contributed by atoms with Crippen molar-refractivity contribution in [3.8, 4) is 0 Å². The van der Waals surface area contributed by atoms with Crippen molar-refractivity contribution in [1.82, 2.24) is 0 Å². The van der Waals surface area contributed by atoms with Crippen LogP contribution in [0.1, 0.15) is 18.1 Å². The number of rotatable bonds is 2. The minimum atomic E-state index is 0.0749. The Balaban J connectivity index is 1.88. The molecule has 16 heavy (non-hydrogen) atoms. The lowest BCUT2D eigenvalue weighted by Crippen LogP contribution is -2.06. The molecule has 0 aromatic heterocycles. The van der Waals surface area contributed by atoms with Gasteiger partial charge in [-0.1, -0.05) is 31.2 Å². The average Bonchev–Trinajstić information content (AvgIpc) is 2.89. The van der Waals surface area contributed by atoms with Crippen molar-refractivity contribution in [1.29, 1.82) is 0 Å². The summed E-state index contributed by atoms with van der Waals surface area (Å²) in [5.74, 6) is 0. The second-order valence-electron chi connectivity index (χ2n) is 3.73. The van der Waals surface area contributed by atoms with Gasteiger partial charge in [0.15, 0.2) is 0 Å². The fraction of sp³-hybridized carbons (Fsp3) is 0.250. The van der Waals surface area contributed by atoms with Crippen LogP contribution in [0.4, 0.5) is 0 Å². The molecule has 0 N–H and O–H groups in total. The average molecular weight is 229 g/mol. The number of nitrogens with zero attached hydrogens (tertiary/aromatic N) is 3. The van der Waals surface area contributed by atoms with Gasteiger partial charge in [-0.3, -0.25) is 4.99 Å². The van der Waals surface area contributed by atoms with Gasteiger partial charge in [0.1, 0.15) is 16.1 Å². The van der Waals surface area contributed by atoms with Crippen molar-refractivity contribution in [2.75, 3.05) is 0 Å². The molecule has 0 saturated carbocycles. The van der Waals surface area contributed by atoms with E-state index in [-0.39, 0.29) is 6.04 Å². The van der Waals surface area contributed by atoms with Gasteiger partial charge in [0.25, 0.3) is 0 Å². The van der Waals surface area contributed by atoms with Crippen molar-refractivity contribution < 1.29 is 0 Å². The molecule has 0 fully saturated rings. The van der Waals surface area contributed by atoms with Crippen LogP contribution in [0.3, 0.4) is 0 Å². The maximum atomic E-state index is 4.58. The van der Waals surface area contributed by atoms with Crippen LogP contribution < -0.4 is 0 Å². The minimum absolute atomic E-state index is 0.0749. The van der Waals surface area contributed by atoms with Crippen LogP contribution in [0.5, 0.6) is 0 Å². The maximum absolute atomic E-state index is 4.58. The molecule has 1 aromatic rings. The molecular weight excluding hydrogens is 218 g/mol. The second-order valence-corrected chi connectivity index (χ2v) is 4.74. The van der Waals surface area contributed by atoms with Gasteiger partial charge in [-0.25, -0.2) is 0 Å². The molecule has 80 valence electrons. The predicted octanol–water partition coefficient (Wildman–Crippen LogP) is 2.51. The first-order valence-electron chi connectivity index (χ1n) is 5.33. The molecular formula is C12H11N3S. The van der Waals surface area contributed by atoms with E-state index in [4.69, 9.17) is 0 Å². The molecule has 1 atom stereocenters. The smallest absolute Gasteiger partial charge is 0.138 e. The molecule has 1 aromatic carbocycles. The van der Waals surface area contributed by atoms with Gasteiger partial charge < -0.3 is 0 Å². The summed E-state index contributed by atoms with van der Waals surface area (Å²) in [6, 6.07) is 8.64. The number of aryl methyl sites for hydroxylation is 1. The van der Waals surface area contributed by atoms with Crippen LogP contribution in [0.15, 0.2) is 39.5 Å². The maximum Gasteiger partial charge on any atom is 0.138 e. The quantitative estimate of drug-likeness (QED) is 0.767. The number of fused-ring (bicyclic) bond motifs is 1. The molecule has 0 aliphatic carbocycles. The highest BCUT2D eigenvalue weighted by Gasteiger charge is 2.28. The zero-order valence-corrected chi connectivity index (χ0v) is 9.74. The summed E-state index contributed by atoms with van der Waals surface area (Å²) in [5.41, 5.74) is 2.53. The van der Waals surface area contributed by atoms with E-state index in [1.807, 2.05) is 0 Å². The van der Waals surface area contributed by atoms with Crippen LogP contribution in [0, 0.1) is 0 Å². The molecule has 0 radical (unpaired) electrons. The monoisotopic (exact) mass is 229 g/mol. The Morgan fingerprint density at radius 2 is 2.06 bits per heavy atom. The van der Waals surface area contributed by atoms with Gasteiger partial charge in [0.2, 0.25) is 0 Å². The highest BCUT2D eigenvalue weighted by Crippen LogP contribution is 2.28. The lowest BCUT2D eigenvalue weighted by atomic mass is 10.1. The van der Waals surface area contributed by atoms with Crippen LogP contribution in [0.2, 0.25) is 0 Å². The zero-order chi connectivity index (χ0) is 11.0. The molecule has 3 nitrogen and oxygen atoms in total. The van der Waals surface area contributed by atoms with E-state index >= 15 is 0 Å². The van der Waals surface area contributed by atoms with Crippen LogP contribution >= 0.6 is 11.8 Å². The Hall–Kier alpha value is -1.42. The fourth-order valence-electron chi connectivity index (χ4n) is 1.71. The summed E-state index contributed by atoms with van der Waals surface area (Å²) in [7, 11) is 0. The first kappa shape index (κ1) is 9.78. The number of thioether (sulfide) groups is 1. The van der Waals surface area contributed by atoms with Gasteiger partial charge in [-0.15, -0.1) is 5.10 Å². The van der Waals surface area contributed by atoms with Crippen molar-refractivity contribution in [3.05, 3.63) is 35.4 Å². The second kappa shape index (κ2) is 3.87. The largest absolute Gasteiger partial charge is 0.261 e. The Bertz CT molecular complexity index is 500. The Kier molecular flexibility index (Phi) is 2.36. The van der Waals surface area contributed by atoms with Gasteiger partial charge in [0.05, 0.1) is 6.21 Å². The van der Waals surface area contributed by atoms with Crippen LogP contribution in [-0.2, 0) is 6.42 Å². The molecule has 0 unspecified atom stereocenters. The standard InChI is InChI=1S/C12H11N3S/c1-2-8-3-5-9(6-4-8)11-14-10-7-13-15-12(10)16-11/h3-7,10H,2H2,1H3/t10-/m0/s1. The first-order chi connectivity index (χ1) is 7.86. The third kappa shape index (κ3) is 1.59. The summed E-state index contributed by atoms with van der Waals surface area (Å²) >= 11 is 1.62. The number of benzene rings is 1. The summed E-state index contributed by atoms with van der Waals surface area (Å²) in [5, 5.41) is 9.95. The molecule has 0 amide bonds. The van der Waals surface area contributed by atoms with E-state index in [1.54, 1.807) is 18.0 Å². The normalized spacial score (nSPS) is 21.9. The van der Waals surface area contributed by atoms with Crippen molar-refractivity contribution in [3.63, 3.8) is 0 Å². The van der Waals surface area contributed by atoms with Crippen LogP contribution in [-0.4, -0.2) is 22.3 Å². The highest BCUT2D eigenvalue weighted by atomic mass is 32.2. The minimum Gasteiger partial charge on any atom is -0.261 e. The number of hydrogen-bond donors (Lipinski definition) is 0. The topological polar surface area (TPSA) is 37.1 Å². The molecule has 2 aliphatic heterocycles. The predicted molar refractivity (Wildman–Crippen MR) is 69.7 cm³/mol. The highest BCUT2D eigenvalue weighted by molar-refractivity contribution is 8.27. The Morgan fingerprint density at radius 1 is 1.25 bits per heavy atom. The lowest BCUT2D eigenvalue weighted by molar-refractivity contribution is 1.14. The van der Waals surface area contributed by atoms with Gasteiger partial charge in [0, 0.05) is 5.56 Å². The van der Waals surface area contributed by atoms with Crippen LogP contribution in [0.25, 0.3) is 0 Å². The molecule has 2 heterocycles. The molecule has 0 bridgehead atoms. The summed E-state index contributed by atoms with van der Waals surface area (Å²) in [6.07, 6.45) is 2.86. The molecule has 3 rings (SSSR count). The third-order valence-electron chi connectivity index (χ3n) is 2.68. The van der Waals surface area contributed by atoms with E-state index in [2.05, 4.69) is 46.4 Å². The molecule has 0 spiro atoms. The lowest BCUT2D eigenvalue weighted by Gasteiger charge is -2.00. The number of aliphatic imine (C=N–C) groups is 1. The van der Waals surface area contributed by atoms with E-state index in [0.29, 0.717) is 0 Å².